The first-order valence-electron chi connectivity index (χ1n) is 4.91. The summed E-state index contributed by atoms with van der Waals surface area (Å²) >= 11 is 0. The highest BCUT2D eigenvalue weighted by Gasteiger charge is 2.09. The lowest BCUT2D eigenvalue weighted by Crippen LogP contribution is -2.35. The molecule has 0 unspecified atom stereocenters. The van der Waals surface area contributed by atoms with Crippen LogP contribution in [0.1, 0.15) is 6.92 Å². The van der Waals surface area contributed by atoms with Gasteiger partial charge in [0.15, 0.2) is 0 Å². The summed E-state index contributed by atoms with van der Waals surface area (Å²) in [6.07, 6.45) is 0. The molecule has 0 spiro atoms. The van der Waals surface area contributed by atoms with E-state index in [-0.39, 0.29) is 11.7 Å². The topological polar surface area (TPSA) is 52.6 Å². The van der Waals surface area contributed by atoms with Gasteiger partial charge in [0.05, 0.1) is 6.54 Å². The van der Waals surface area contributed by atoms with Crippen molar-refractivity contribution in [1.29, 1.82) is 0 Å². The first-order chi connectivity index (χ1) is 7.15. The van der Waals surface area contributed by atoms with Gasteiger partial charge in [-0.2, -0.15) is 0 Å². The fourth-order valence-corrected chi connectivity index (χ4v) is 1.17. The van der Waals surface area contributed by atoms with Crippen LogP contribution < -0.4 is 10.2 Å². The second-order valence-electron chi connectivity index (χ2n) is 3.25. The Balaban J connectivity index is 2.63. The zero-order chi connectivity index (χ0) is 11.3. The van der Waals surface area contributed by atoms with Crippen LogP contribution in [-0.2, 0) is 4.79 Å². The molecule has 1 aromatic carbocycles. The highest BCUT2D eigenvalue weighted by Crippen LogP contribution is 2.16. The molecule has 1 rings (SSSR count). The van der Waals surface area contributed by atoms with Crippen LogP contribution in [0.5, 0.6) is 5.75 Å². The Labute approximate surface area is 89.5 Å². The van der Waals surface area contributed by atoms with Crippen LogP contribution in [-0.4, -0.2) is 31.2 Å². The van der Waals surface area contributed by atoms with Crippen molar-refractivity contribution in [3.8, 4) is 5.75 Å². The number of phenolic OH excluding ortho intramolecular Hbond substituents is 1. The van der Waals surface area contributed by atoms with E-state index in [1.807, 2.05) is 6.92 Å². The molecular formula is C11H16N2O2. The van der Waals surface area contributed by atoms with Crippen molar-refractivity contribution in [3.63, 3.8) is 0 Å². The molecule has 0 aromatic heterocycles. The molecule has 0 saturated carbocycles. The van der Waals surface area contributed by atoms with Gasteiger partial charge in [0.2, 0.25) is 5.91 Å². The number of phenols is 1. The Bertz CT molecular complexity index is 322. The maximum atomic E-state index is 11.6. The van der Waals surface area contributed by atoms with Gasteiger partial charge in [-0.1, -0.05) is 6.92 Å². The Kier molecular flexibility index (Phi) is 4.12. The monoisotopic (exact) mass is 208 g/mol. The number of anilines is 1. The van der Waals surface area contributed by atoms with E-state index in [0.29, 0.717) is 6.54 Å². The fourth-order valence-electron chi connectivity index (χ4n) is 1.17. The second kappa shape index (κ2) is 5.36. The minimum absolute atomic E-state index is 0.00235. The van der Waals surface area contributed by atoms with E-state index < -0.39 is 0 Å². The van der Waals surface area contributed by atoms with E-state index in [0.717, 1.165) is 12.2 Å². The molecule has 0 atom stereocenters. The third-order valence-electron chi connectivity index (χ3n) is 2.14. The van der Waals surface area contributed by atoms with Crippen LogP contribution in [0, 0.1) is 0 Å². The van der Waals surface area contributed by atoms with E-state index in [1.165, 1.54) is 0 Å². The van der Waals surface area contributed by atoms with Crippen LogP contribution in [0.4, 0.5) is 5.69 Å². The SMILES string of the molecule is CCNCC(=O)N(C)c1ccc(O)cc1. The van der Waals surface area contributed by atoms with Gasteiger partial charge in [0, 0.05) is 12.7 Å². The largest absolute Gasteiger partial charge is 0.508 e. The van der Waals surface area contributed by atoms with Crippen molar-refractivity contribution in [2.75, 3.05) is 25.0 Å². The normalized spacial score (nSPS) is 10.0. The molecule has 0 heterocycles. The van der Waals surface area contributed by atoms with E-state index in [1.54, 1.807) is 36.2 Å². The number of likely N-dealkylation sites (N-methyl/N-ethyl adjacent to an activating group) is 2. The first-order valence-corrected chi connectivity index (χ1v) is 4.91. The van der Waals surface area contributed by atoms with Crippen LogP contribution in [0.25, 0.3) is 0 Å². The molecule has 0 aliphatic carbocycles. The van der Waals surface area contributed by atoms with E-state index in [2.05, 4.69) is 5.32 Å². The lowest BCUT2D eigenvalue weighted by molar-refractivity contribution is -0.117. The molecule has 4 heteroatoms. The minimum atomic E-state index is 0.00235. The van der Waals surface area contributed by atoms with Crippen molar-refractivity contribution in [2.45, 2.75) is 6.92 Å². The number of benzene rings is 1. The molecule has 1 aromatic rings. The number of carbonyl (C=O) groups is 1. The van der Waals surface area contributed by atoms with E-state index in [9.17, 15) is 4.79 Å². The van der Waals surface area contributed by atoms with E-state index in [4.69, 9.17) is 5.11 Å². The predicted octanol–water partition coefficient (Wildman–Crippen LogP) is 0.964. The smallest absolute Gasteiger partial charge is 0.240 e. The number of hydrogen-bond donors (Lipinski definition) is 2. The highest BCUT2D eigenvalue weighted by atomic mass is 16.3. The first kappa shape index (κ1) is 11.5. The summed E-state index contributed by atoms with van der Waals surface area (Å²) in [5.41, 5.74) is 0.774. The van der Waals surface area contributed by atoms with Crippen LogP contribution in [0.3, 0.4) is 0 Å². The van der Waals surface area contributed by atoms with Gasteiger partial charge < -0.3 is 15.3 Å². The molecule has 0 radical (unpaired) electrons. The standard InChI is InChI=1S/C11H16N2O2/c1-3-12-8-11(15)13(2)9-4-6-10(14)7-5-9/h4-7,12,14H,3,8H2,1-2H3. The summed E-state index contributed by atoms with van der Waals surface area (Å²) < 4.78 is 0. The molecule has 1 amide bonds. The van der Waals surface area contributed by atoms with Gasteiger partial charge in [-0.15, -0.1) is 0 Å². The summed E-state index contributed by atoms with van der Waals surface area (Å²) in [5, 5.41) is 12.1. The third-order valence-corrected chi connectivity index (χ3v) is 2.14. The zero-order valence-corrected chi connectivity index (χ0v) is 9.03. The van der Waals surface area contributed by atoms with Crippen molar-refractivity contribution in [2.24, 2.45) is 0 Å². The second-order valence-corrected chi connectivity index (χ2v) is 3.25. The molecule has 4 nitrogen and oxygen atoms in total. The number of nitrogens with one attached hydrogen (secondary N) is 1. The van der Waals surface area contributed by atoms with Crippen LogP contribution in [0.2, 0.25) is 0 Å². The third kappa shape index (κ3) is 3.25. The molecule has 0 saturated heterocycles. The zero-order valence-electron chi connectivity index (χ0n) is 9.03. The lowest BCUT2D eigenvalue weighted by Gasteiger charge is -2.17. The maximum Gasteiger partial charge on any atom is 0.240 e. The van der Waals surface area contributed by atoms with Gasteiger partial charge in [-0.25, -0.2) is 0 Å². The van der Waals surface area contributed by atoms with Gasteiger partial charge in [0.25, 0.3) is 0 Å². The summed E-state index contributed by atoms with van der Waals surface area (Å²) in [7, 11) is 1.71. The molecule has 15 heavy (non-hydrogen) atoms. The fraction of sp³-hybridized carbons (Fsp3) is 0.364. The van der Waals surface area contributed by atoms with E-state index >= 15 is 0 Å². The Hall–Kier alpha value is -1.55. The molecule has 0 aliphatic heterocycles. The molecule has 0 aliphatic rings. The summed E-state index contributed by atoms with van der Waals surface area (Å²) in [5.74, 6) is 0.203. The lowest BCUT2D eigenvalue weighted by atomic mass is 10.3. The molecule has 2 N–H and O–H groups in total. The average molecular weight is 208 g/mol. The van der Waals surface area contributed by atoms with Crippen LogP contribution >= 0.6 is 0 Å². The minimum Gasteiger partial charge on any atom is -0.508 e. The quantitative estimate of drug-likeness (QED) is 0.775. The number of hydrogen-bond acceptors (Lipinski definition) is 3. The number of nitrogens with zero attached hydrogens (tertiary/aromatic N) is 1. The van der Waals surface area contributed by atoms with Crippen molar-refractivity contribution >= 4 is 11.6 Å². The summed E-state index contributed by atoms with van der Waals surface area (Å²) in [6, 6.07) is 6.54. The molecule has 0 bridgehead atoms. The Morgan fingerprint density at radius 1 is 1.40 bits per heavy atom. The molecule has 82 valence electrons. The maximum absolute atomic E-state index is 11.6. The number of amides is 1. The molecular weight excluding hydrogens is 192 g/mol. The van der Waals surface area contributed by atoms with Gasteiger partial charge in [0.1, 0.15) is 5.75 Å². The van der Waals surface area contributed by atoms with Crippen LogP contribution in [0.15, 0.2) is 24.3 Å². The number of aromatic hydroxyl groups is 1. The number of rotatable bonds is 4. The number of carbonyl (C=O) groups excluding carboxylic acids is 1. The van der Waals surface area contributed by atoms with Gasteiger partial charge >= 0.3 is 0 Å². The predicted molar refractivity (Wildman–Crippen MR) is 60.1 cm³/mol. The Morgan fingerprint density at radius 3 is 2.53 bits per heavy atom. The Morgan fingerprint density at radius 2 is 2.00 bits per heavy atom. The van der Waals surface area contributed by atoms with Crippen molar-refractivity contribution in [1.82, 2.24) is 5.32 Å². The van der Waals surface area contributed by atoms with Gasteiger partial charge in [-0.05, 0) is 30.8 Å². The summed E-state index contributed by atoms with van der Waals surface area (Å²) in [6.45, 7) is 3.05. The van der Waals surface area contributed by atoms with Crippen molar-refractivity contribution < 1.29 is 9.90 Å². The van der Waals surface area contributed by atoms with Crippen molar-refractivity contribution in [3.05, 3.63) is 24.3 Å². The highest BCUT2D eigenvalue weighted by molar-refractivity contribution is 5.94. The average Bonchev–Trinajstić information content (AvgIpc) is 2.26. The molecule has 0 fully saturated rings. The van der Waals surface area contributed by atoms with Gasteiger partial charge in [-0.3, -0.25) is 4.79 Å². The summed E-state index contributed by atoms with van der Waals surface area (Å²) in [4.78, 5) is 13.1.